The molecule has 0 N–H and O–H groups in total. The molecule has 2 aliphatic heterocycles. The highest BCUT2D eigenvalue weighted by atomic mass is 16.6. The first-order valence-corrected chi connectivity index (χ1v) is 7.48. The first-order chi connectivity index (χ1) is 9.82. The average molecular weight is 290 g/mol. The van der Waals surface area contributed by atoms with E-state index >= 15 is 0 Å². The third kappa shape index (κ3) is 2.36. The van der Waals surface area contributed by atoms with Crippen LogP contribution in [0.3, 0.4) is 0 Å². The number of hydrogen-bond donors (Lipinski definition) is 0. The van der Waals surface area contributed by atoms with Crippen molar-refractivity contribution in [3.63, 3.8) is 0 Å². The molecule has 1 saturated carbocycles. The normalized spacial score (nSPS) is 31.5. The molecule has 1 aliphatic carbocycles. The highest BCUT2D eigenvalue weighted by molar-refractivity contribution is 5.71. The van der Waals surface area contributed by atoms with E-state index in [1.165, 1.54) is 0 Å². The summed E-state index contributed by atoms with van der Waals surface area (Å²) in [5.41, 5.74) is -0.928. The molecule has 114 valence electrons. The summed E-state index contributed by atoms with van der Waals surface area (Å²) < 4.78 is 5.57. The van der Waals surface area contributed by atoms with Crippen LogP contribution in [0.15, 0.2) is 12.4 Å². The Hall–Kier alpha value is -1.72. The third-order valence-electron chi connectivity index (χ3n) is 4.25. The highest BCUT2D eigenvalue weighted by Crippen LogP contribution is 2.55. The van der Waals surface area contributed by atoms with E-state index in [0.29, 0.717) is 11.7 Å². The number of amides is 1. The lowest BCUT2D eigenvalue weighted by atomic mass is 9.64. The molecule has 0 spiro atoms. The largest absolute Gasteiger partial charge is 0.444 e. The number of aromatic nitrogens is 3. The van der Waals surface area contributed by atoms with Crippen molar-refractivity contribution in [3.8, 4) is 0 Å². The lowest BCUT2D eigenvalue weighted by molar-refractivity contribution is -0.132. The summed E-state index contributed by atoms with van der Waals surface area (Å²) >= 11 is 0. The Labute approximate surface area is 124 Å². The summed E-state index contributed by atoms with van der Waals surface area (Å²) in [7, 11) is 0. The van der Waals surface area contributed by atoms with Gasteiger partial charge in [0.05, 0.1) is 6.20 Å². The van der Waals surface area contributed by atoms with Crippen molar-refractivity contribution in [2.75, 3.05) is 0 Å². The molecule has 6 heteroatoms. The fourth-order valence-electron chi connectivity index (χ4n) is 3.70. The molecule has 3 fully saturated rings. The number of nitrogens with zero attached hydrogens (tertiary/aromatic N) is 4. The first kappa shape index (κ1) is 14.2. The van der Waals surface area contributed by atoms with E-state index in [1.54, 1.807) is 12.4 Å². The molecule has 1 aromatic rings. The number of piperidine rings is 1. The number of carbonyl (C=O) groups is 1. The minimum atomic E-state index is -0.496. The van der Waals surface area contributed by atoms with E-state index in [-0.39, 0.29) is 12.1 Å². The van der Waals surface area contributed by atoms with Gasteiger partial charge < -0.3 is 4.74 Å². The van der Waals surface area contributed by atoms with Crippen LogP contribution in [0.25, 0.3) is 0 Å². The smallest absolute Gasteiger partial charge is 0.411 e. The van der Waals surface area contributed by atoms with Gasteiger partial charge in [0.2, 0.25) is 0 Å². The van der Waals surface area contributed by atoms with Crippen LogP contribution in [0.1, 0.15) is 52.8 Å². The predicted octanol–water partition coefficient (Wildman–Crippen LogP) is 2.51. The van der Waals surface area contributed by atoms with Gasteiger partial charge in [0.1, 0.15) is 11.1 Å². The fourth-order valence-corrected chi connectivity index (χ4v) is 3.70. The van der Waals surface area contributed by atoms with Crippen molar-refractivity contribution in [1.82, 2.24) is 20.1 Å². The SMILES string of the molecule is CC1CC2CC(c3nccnn3)(C1)N2C(=O)OC(C)(C)C. The van der Waals surface area contributed by atoms with E-state index in [0.717, 1.165) is 19.3 Å². The number of ether oxygens (including phenoxy) is 1. The second-order valence-electron chi connectivity index (χ2n) is 7.25. The summed E-state index contributed by atoms with van der Waals surface area (Å²) in [5, 5.41) is 8.10. The van der Waals surface area contributed by atoms with Gasteiger partial charge in [-0.2, -0.15) is 5.10 Å². The van der Waals surface area contributed by atoms with Crippen LogP contribution in [0.5, 0.6) is 0 Å². The Morgan fingerprint density at radius 2 is 2.14 bits per heavy atom. The van der Waals surface area contributed by atoms with Gasteiger partial charge in [-0.25, -0.2) is 9.78 Å². The fraction of sp³-hybridized carbons (Fsp3) is 0.733. The van der Waals surface area contributed by atoms with Gasteiger partial charge >= 0.3 is 6.09 Å². The Morgan fingerprint density at radius 3 is 2.76 bits per heavy atom. The molecule has 6 nitrogen and oxygen atoms in total. The number of hydrogen-bond acceptors (Lipinski definition) is 5. The molecule has 0 radical (unpaired) electrons. The lowest BCUT2D eigenvalue weighted by Crippen LogP contribution is -2.70. The van der Waals surface area contributed by atoms with Crippen LogP contribution in [0.2, 0.25) is 0 Å². The van der Waals surface area contributed by atoms with Crippen LogP contribution in [0.4, 0.5) is 4.79 Å². The van der Waals surface area contributed by atoms with E-state index in [9.17, 15) is 4.79 Å². The average Bonchev–Trinajstić information content (AvgIpc) is 2.36. The maximum absolute atomic E-state index is 12.6. The Bertz CT molecular complexity index is 542. The Kier molecular flexibility index (Phi) is 3.15. The molecule has 21 heavy (non-hydrogen) atoms. The van der Waals surface area contributed by atoms with Crippen molar-refractivity contribution in [3.05, 3.63) is 18.2 Å². The quantitative estimate of drug-likeness (QED) is 0.795. The molecule has 1 amide bonds. The number of fused-ring (bicyclic) bond motifs is 2. The van der Waals surface area contributed by atoms with Crippen LogP contribution in [-0.4, -0.2) is 37.8 Å². The minimum Gasteiger partial charge on any atom is -0.444 e. The standard InChI is InChI=1S/C15H22N4O2/c1-10-7-11-9-15(8-10,12-16-5-6-17-18-12)19(11)13(20)21-14(2,3)4/h5-6,10-11H,7-9H2,1-4H3. The molecular formula is C15H22N4O2. The Morgan fingerprint density at radius 1 is 1.38 bits per heavy atom. The van der Waals surface area contributed by atoms with Crippen molar-refractivity contribution < 1.29 is 9.53 Å². The van der Waals surface area contributed by atoms with Gasteiger partial charge in [0.15, 0.2) is 5.82 Å². The second kappa shape index (κ2) is 4.64. The first-order valence-electron chi connectivity index (χ1n) is 7.48. The van der Waals surface area contributed by atoms with Crippen molar-refractivity contribution in [1.29, 1.82) is 0 Å². The lowest BCUT2D eigenvalue weighted by Gasteiger charge is -2.61. The van der Waals surface area contributed by atoms with E-state index < -0.39 is 11.1 Å². The van der Waals surface area contributed by atoms with E-state index in [4.69, 9.17) is 4.74 Å². The van der Waals surface area contributed by atoms with Gasteiger partial charge in [0, 0.05) is 12.2 Å². The van der Waals surface area contributed by atoms with E-state index in [1.807, 2.05) is 25.7 Å². The zero-order valence-electron chi connectivity index (χ0n) is 13.0. The second-order valence-corrected chi connectivity index (χ2v) is 7.25. The highest BCUT2D eigenvalue weighted by Gasteiger charge is 2.62. The monoisotopic (exact) mass is 290 g/mol. The summed E-state index contributed by atoms with van der Waals surface area (Å²) in [6.45, 7) is 7.87. The summed E-state index contributed by atoms with van der Waals surface area (Å²) in [4.78, 5) is 18.8. The van der Waals surface area contributed by atoms with Crippen LogP contribution < -0.4 is 0 Å². The third-order valence-corrected chi connectivity index (χ3v) is 4.25. The van der Waals surface area contributed by atoms with Crippen molar-refractivity contribution >= 4 is 6.09 Å². The van der Waals surface area contributed by atoms with Crippen LogP contribution >= 0.6 is 0 Å². The molecule has 4 rings (SSSR count). The zero-order chi connectivity index (χ0) is 15.3. The molecule has 2 saturated heterocycles. The summed E-state index contributed by atoms with van der Waals surface area (Å²) in [5.74, 6) is 1.19. The molecule has 2 bridgehead atoms. The zero-order valence-corrected chi connectivity index (χ0v) is 13.0. The molecule has 1 aromatic heterocycles. The van der Waals surface area contributed by atoms with Crippen molar-refractivity contribution in [2.24, 2.45) is 5.92 Å². The summed E-state index contributed by atoms with van der Waals surface area (Å²) in [6.07, 6.45) is 5.72. The number of rotatable bonds is 1. The van der Waals surface area contributed by atoms with Crippen LogP contribution in [-0.2, 0) is 10.3 Å². The van der Waals surface area contributed by atoms with Gasteiger partial charge in [0.25, 0.3) is 0 Å². The molecule has 3 heterocycles. The van der Waals surface area contributed by atoms with Gasteiger partial charge in [-0.1, -0.05) is 6.92 Å². The minimum absolute atomic E-state index is 0.229. The van der Waals surface area contributed by atoms with Crippen molar-refractivity contribution in [2.45, 2.75) is 64.1 Å². The topological polar surface area (TPSA) is 68.2 Å². The van der Waals surface area contributed by atoms with Crippen LogP contribution in [0, 0.1) is 5.92 Å². The maximum atomic E-state index is 12.6. The predicted molar refractivity (Wildman–Crippen MR) is 76.4 cm³/mol. The maximum Gasteiger partial charge on any atom is 0.411 e. The number of carbonyl (C=O) groups excluding carboxylic acids is 1. The molecule has 3 unspecified atom stereocenters. The van der Waals surface area contributed by atoms with Gasteiger partial charge in [-0.3, -0.25) is 4.90 Å². The molecular weight excluding hydrogens is 268 g/mol. The molecule has 3 atom stereocenters. The van der Waals surface area contributed by atoms with Gasteiger partial charge in [-0.15, -0.1) is 5.10 Å². The molecule has 0 aromatic carbocycles. The summed E-state index contributed by atoms with van der Waals surface area (Å²) in [6, 6.07) is 0.229. The molecule has 3 aliphatic rings. The Balaban J connectivity index is 1.91. The van der Waals surface area contributed by atoms with E-state index in [2.05, 4.69) is 22.1 Å². The van der Waals surface area contributed by atoms with Gasteiger partial charge in [-0.05, 0) is 46.0 Å².